The van der Waals surface area contributed by atoms with Gasteiger partial charge in [0.05, 0.1) is 45.1 Å². The van der Waals surface area contributed by atoms with Crippen LogP contribution in [0.2, 0.25) is 0 Å². The van der Waals surface area contributed by atoms with E-state index in [9.17, 15) is 14.4 Å². The Labute approximate surface area is 233 Å². The van der Waals surface area contributed by atoms with Gasteiger partial charge in [0.15, 0.2) is 0 Å². The minimum Gasteiger partial charge on any atom is -0.464 e. The third kappa shape index (κ3) is 11.3. The molecule has 0 aliphatic heterocycles. The topological polar surface area (TPSA) is 134 Å². The van der Waals surface area contributed by atoms with Gasteiger partial charge in [-0.2, -0.15) is 0 Å². The van der Waals surface area contributed by atoms with Crippen LogP contribution in [-0.2, 0) is 57.0 Å². The summed E-state index contributed by atoms with van der Waals surface area (Å²) in [6.45, 7) is 6.67. The molecule has 0 rings (SSSR count). The van der Waals surface area contributed by atoms with E-state index in [1.807, 2.05) is 6.92 Å². The van der Waals surface area contributed by atoms with Gasteiger partial charge in [-0.25, -0.2) is 0 Å². The maximum absolute atomic E-state index is 13.1. The highest BCUT2D eigenvalue weighted by Crippen LogP contribution is 2.30. The van der Waals surface area contributed by atoms with Crippen LogP contribution in [0.4, 0.5) is 0 Å². The molecule has 12 heteroatoms. The Balaban J connectivity index is 6.00. The van der Waals surface area contributed by atoms with Crippen LogP contribution in [0.3, 0.4) is 0 Å². The van der Waals surface area contributed by atoms with Crippen molar-refractivity contribution in [1.29, 1.82) is 0 Å². The number of esters is 3. The molecule has 0 radical (unpaired) electrons. The van der Waals surface area contributed by atoms with Crippen molar-refractivity contribution in [2.45, 2.75) is 34.1 Å². The normalized spacial score (nSPS) is 12.8. The zero-order valence-electron chi connectivity index (χ0n) is 25.5. The Morgan fingerprint density at radius 2 is 0.641 bits per heavy atom. The minimum absolute atomic E-state index is 0.0710. The molecule has 0 aliphatic rings. The first-order valence-electron chi connectivity index (χ1n) is 12.8. The third-order valence-corrected chi connectivity index (χ3v) is 6.53. The second-order valence-corrected chi connectivity index (χ2v) is 10.9. The van der Waals surface area contributed by atoms with Gasteiger partial charge in [0.1, 0.15) is 36.1 Å². The van der Waals surface area contributed by atoms with Crippen molar-refractivity contribution in [3.05, 3.63) is 0 Å². The van der Waals surface area contributed by atoms with E-state index in [1.54, 1.807) is 20.8 Å². The van der Waals surface area contributed by atoms with Crippen LogP contribution in [-0.4, -0.2) is 120 Å². The van der Waals surface area contributed by atoms with Gasteiger partial charge in [-0.15, -0.1) is 0 Å². The summed E-state index contributed by atoms with van der Waals surface area (Å²) in [6, 6.07) is 0. The maximum Gasteiger partial charge on any atom is 0.316 e. The molecule has 0 amide bonds. The summed E-state index contributed by atoms with van der Waals surface area (Å²) in [5.74, 6) is -1.68. The Bertz CT molecular complexity index is 627. The second kappa shape index (κ2) is 17.8. The molecule has 0 aromatic heterocycles. The molecular formula is C27H50O12. The highest BCUT2D eigenvalue weighted by Gasteiger charge is 2.43. The fraction of sp³-hybridized carbons (Fsp3) is 0.889. The molecule has 0 aromatic rings. The first-order chi connectivity index (χ1) is 18.3. The van der Waals surface area contributed by atoms with Crippen LogP contribution in [0.1, 0.15) is 34.1 Å². The zero-order valence-corrected chi connectivity index (χ0v) is 25.5. The lowest BCUT2D eigenvalue weighted by Crippen LogP contribution is -2.46. The quantitative estimate of drug-likeness (QED) is 0.140. The van der Waals surface area contributed by atoms with Gasteiger partial charge in [0.25, 0.3) is 0 Å². The first kappa shape index (κ1) is 37.2. The molecule has 0 spiro atoms. The molecule has 0 aromatic carbocycles. The Morgan fingerprint density at radius 1 is 0.436 bits per heavy atom. The molecule has 0 N–H and O–H groups in total. The molecule has 0 saturated heterocycles. The lowest BCUT2D eigenvalue weighted by Gasteiger charge is -2.35. The lowest BCUT2D eigenvalue weighted by atomic mass is 9.86. The Kier molecular flexibility index (Phi) is 16.9. The molecule has 0 aliphatic carbocycles. The van der Waals surface area contributed by atoms with Crippen molar-refractivity contribution in [2.75, 3.05) is 102 Å². The highest BCUT2D eigenvalue weighted by molar-refractivity contribution is 5.78. The van der Waals surface area contributed by atoms with Gasteiger partial charge < -0.3 is 42.6 Å². The highest BCUT2D eigenvalue weighted by atomic mass is 16.6. The van der Waals surface area contributed by atoms with Gasteiger partial charge in [0, 0.05) is 42.7 Å². The molecule has 0 fully saturated rings. The fourth-order valence-corrected chi connectivity index (χ4v) is 4.00. The number of carbonyl (C=O) groups is 3. The second-order valence-electron chi connectivity index (χ2n) is 10.9. The number of rotatable bonds is 22. The number of ether oxygens (including phenoxy) is 9. The average Bonchev–Trinajstić information content (AvgIpc) is 2.88. The van der Waals surface area contributed by atoms with Crippen LogP contribution in [0, 0.1) is 21.7 Å². The number of methoxy groups -OCH3 is 6. The standard InChI is InChI=1S/C27H50O12/c1-11-27(18-37-21(28)24(2,12-31-5)13-32-6,19-38-22(29)25(3,14-33-7)15-34-8)20-39-23(30)26(4,16-35-9)17-36-10/h11-20H2,1-10H3. The van der Waals surface area contributed by atoms with Gasteiger partial charge in [-0.1, -0.05) is 6.92 Å². The molecular weight excluding hydrogens is 516 g/mol. The van der Waals surface area contributed by atoms with E-state index < -0.39 is 39.6 Å². The van der Waals surface area contributed by atoms with Crippen molar-refractivity contribution in [3.8, 4) is 0 Å². The van der Waals surface area contributed by atoms with E-state index in [-0.39, 0.29) is 59.5 Å². The minimum atomic E-state index is -1.07. The Morgan fingerprint density at radius 3 is 0.795 bits per heavy atom. The van der Waals surface area contributed by atoms with Crippen molar-refractivity contribution in [3.63, 3.8) is 0 Å². The van der Waals surface area contributed by atoms with Crippen molar-refractivity contribution in [2.24, 2.45) is 21.7 Å². The smallest absolute Gasteiger partial charge is 0.316 e. The largest absolute Gasteiger partial charge is 0.464 e. The van der Waals surface area contributed by atoms with Crippen molar-refractivity contribution < 1.29 is 57.0 Å². The predicted molar refractivity (Wildman–Crippen MR) is 141 cm³/mol. The third-order valence-electron chi connectivity index (χ3n) is 6.53. The van der Waals surface area contributed by atoms with E-state index in [1.165, 1.54) is 42.7 Å². The summed E-state index contributed by atoms with van der Waals surface area (Å²) < 4.78 is 48.3. The molecule has 0 bridgehead atoms. The summed E-state index contributed by atoms with van der Waals surface area (Å²) in [6.07, 6.45) is 0.350. The number of carbonyl (C=O) groups excluding carboxylic acids is 3. The molecule has 0 heterocycles. The molecule has 0 saturated carbocycles. The SMILES string of the molecule is CCC(COC(=O)C(C)(COC)COC)(COC(=O)C(C)(COC)COC)COC(=O)C(C)(COC)COC. The van der Waals surface area contributed by atoms with E-state index in [4.69, 9.17) is 42.6 Å². The predicted octanol–water partition coefficient (Wildman–Crippen LogP) is 1.91. The van der Waals surface area contributed by atoms with Gasteiger partial charge in [-0.3, -0.25) is 14.4 Å². The maximum atomic E-state index is 13.1. The Hall–Kier alpha value is -1.83. The van der Waals surface area contributed by atoms with E-state index in [0.29, 0.717) is 6.42 Å². The first-order valence-corrected chi connectivity index (χ1v) is 12.8. The van der Waals surface area contributed by atoms with Crippen molar-refractivity contribution in [1.82, 2.24) is 0 Å². The van der Waals surface area contributed by atoms with E-state index in [2.05, 4.69) is 0 Å². The van der Waals surface area contributed by atoms with Gasteiger partial charge >= 0.3 is 17.9 Å². The van der Waals surface area contributed by atoms with Crippen molar-refractivity contribution >= 4 is 17.9 Å². The fourth-order valence-electron chi connectivity index (χ4n) is 4.00. The van der Waals surface area contributed by atoms with Crippen LogP contribution >= 0.6 is 0 Å². The molecule has 0 unspecified atom stereocenters. The summed E-state index contributed by atoms with van der Waals surface area (Å²) in [7, 11) is 8.86. The van der Waals surface area contributed by atoms with Gasteiger partial charge in [0.2, 0.25) is 0 Å². The number of hydrogen-bond acceptors (Lipinski definition) is 12. The molecule has 0 atom stereocenters. The molecule has 39 heavy (non-hydrogen) atoms. The van der Waals surface area contributed by atoms with Crippen LogP contribution < -0.4 is 0 Å². The summed E-state index contributed by atoms with van der Waals surface area (Å²) in [5, 5.41) is 0. The number of hydrogen-bond donors (Lipinski definition) is 0. The lowest BCUT2D eigenvalue weighted by molar-refractivity contribution is -0.180. The average molecular weight is 567 g/mol. The van der Waals surface area contributed by atoms with E-state index in [0.717, 1.165) is 0 Å². The zero-order chi connectivity index (χ0) is 30.2. The summed E-state index contributed by atoms with van der Waals surface area (Å²) >= 11 is 0. The van der Waals surface area contributed by atoms with Gasteiger partial charge in [-0.05, 0) is 27.2 Å². The summed E-state index contributed by atoms with van der Waals surface area (Å²) in [5.41, 5.74) is -4.26. The van der Waals surface area contributed by atoms with Crippen LogP contribution in [0.15, 0.2) is 0 Å². The van der Waals surface area contributed by atoms with Crippen LogP contribution in [0.25, 0.3) is 0 Å². The molecule has 230 valence electrons. The summed E-state index contributed by atoms with van der Waals surface area (Å²) in [4.78, 5) is 39.2. The molecule has 12 nitrogen and oxygen atoms in total. The van der Waals surface area contributed by atoms with Crippen LogP contribution in [0.5, 0.6) is 0 Å². The monoisotopic (exact) mass is 566 g/mol. The van der Waals surface area contributed by atoms with E-state index >= 15 is 0 Å².